The average molecular weight is 295 g/mol. The lowest BCUT2D eigenvalue weighted by atomic mass is 10.0. The normalized spacial score (nSPS) is 12.2. The summed E-state index contributed by atoms with van der Waals surface area (Å²) < 4.78 is 18.3. The quantitative estimate of drug-likeness (QED) is 0.912. The van der Waals surface area contributed by atoms with E-state index in [0.717, 1.165) is 16.9 Å². The van der Waals surface area contributed by atoms with Crippen molar-refractivity contribution in [2.45, 2.75) is 18.9 Å². The summed E-state index contributed by atoms with van der Waals surface area (Å²) in [5.74, 6) is 0.304. The van der Waals surface area contributed by atoms with Crippen molar-refractivity contribution in [3.8, 4) is 5.75 Å². The number of para-hydroxylation sites is 1. The summed E-state index contributed by atoms with van der Waals surface area (Å²) in [6.07, 6.45) is 0.310. The highest BCUT2D eigenvalue weighted by Crippen LogP contribution is 2.21. The molecule has 4 heteroatoms. The second-order valence-corrected chi connectivity index (χ2v) is 5.03. The summed E-state index contributed by atoms with van der Waals surface area (Å²) in [5.41, 5.74) is 1.74. The molecule has 20 heavy (non-hydrogen) atoms. The van der Waals surface area contributed by atoms with Crippen molar-refractivity contribution in [3.05, 3.63) is 64.4 Å². The summed E-state index contributed by atoms with van der Waals surface area (Å²) >= 11 is 5.73. The van der Waals surface area contributed by atoms with Gasteiger partial charge in [0, 0.05) is 6.42 Å². The lowest BCUT2D eigenvalue weighted by Crippen LogP contribution is -2.14. The lowest BCUT2D eigenvalue weighted by Gasteiger charge is -2.13. The van der Waals surface area contributed by atoms with Gasteiger partial charge in [-0.15, -0.1) is 0 Å². The molecule has 1 unspecified atom stereocenters. The molecule has 0 aliphatic heterocycles. The predicted molar refractivity (Wildman–Crippen MR) is 77.8 cm³/mol. The van der Waals surface area contributed by atoms with E-state index in [9.17, 15) is 9.50 Å². The molecule has 0 saturated carbocycles. The number of benzene rings is 2. The third kappa shape index (κ3) is 3.71. The Kier molecular flexibility index (Phi) is 4.99. The molecule has 2 aromatic rings. The first-order valence-electron chi connectivity index (χ1n) is 6.34. The first kappa shape index (κ1) is 14.8. The minimum Gasteiger partial charge on any atom is -0.496 e. The lowest BCUT2D eigenvalue weighted by molar-refractivity contribution is 0.174. The molecule has 0 aliphatic rings. The molecule has 0 aromatic heterocycles. The SMILES string of the molecule is COc1ccccc1CC(O)Cc1ccc(F)c(Cl)c1. The van der Waals surface area contributed by atoms with Crippen molar-refractivity contribution < 1.29 is 14.2 Å². The van der Waals surface area contributed by atoms with E-state index in [-0.39, 0.29) is 5.02 Å². The van der Waals surface area contributed by atoms with Crippen LogP contribution in [0.1, 0.15) is 11.1 Å². The van der Waals surface area contributed by atoms with Gasteiger partial charge in [0.25, 0.3) is 0 Å². The van der Waals surface area contributed by atoms with Crippen LogP contribution < -0.4 is 4.74 Å². The van der Waals surface area contributed by atoms with E-state index in [2.05, 4.69) is 0 Å². The van der Waals surface area contributed by atoms with Crippen LogP contribution in [0.2, 0.25) is 5.02 Å². The maximum absolute atomic E-state index is 13.1. The van der Waals surface area contributed by atoms with E-state index in [1.54, 1.807) is 19.2 Å². The third-order valence-electron chi connectivity index (χ3n) is 3.10. The van der Waals surface area contributed by atoms with Gasteiger partial charge >= 0.3 is 0 Å². The van der Waals surface area contributed by atoms with Gasteiger partial charge in [0.1, 0.15) is 11.6 Å². The van der Waals surface area contributed by atoms with Crippen molar-refractivity contribution in [2.75, 3.05) is 7.11 Å². The minimum absolute atomic E-state index is 0.0759. The molecule has 0 spiro atoms. The number of aliphatic hydroxyl groups is 1. The van der Waals surface area contributed by atoms with Crippen LogP contribution in [0, 0.1) is 5.82 Å². The van der Waals surface area contributed by atoms with Crippen LogP contribution in [0.5, 0.6) is 5.75 Å². The van der Waals surface area contributed by atoms with E-state index >= 15 is 0 Å². The first-order chi connectivity index (χ1) is 9.60. The molecule has 2 nitrogen and oxygen atoms in total. The second-order valence-electron chi connectivity index (χ2n) is 4.62. The van der Waals surface area contributed by atoms with Crippen LogP contribution in [0.15, 0.2) is 42.5 Å². The molecule has 2 aromatic carbocycles. The highest BCUT2D eigenvalue weighted by atomic mass is 35.5. The van der Waals surface area contributed by atoms with Crippen molar-refractivity contribution in [3.63, 3.8) is 0 Å². The first-order valence-corrected chi connectivity index (χ1v) is 6.72. The monoisotopic (exact) mass is 294 g/mol. The fourth-order valence-electron chi connectivity index (χ4n) is 2.14. The van der Waals surface area contributed by atoms with Crippen LogP contribution in [0.4, 0.5) is 4.39 Å². The number of hydrogen-bond donors (Lipinski definition) is 1. The number of methoxy groups -OCH3 is 1. The fourth-order valence-corrected chi connectivity index (χ4v) is 2.34. The molecule has 106 valence electrons. The summed E-state index contributed by atoms with van der Waals surface area (Å²) in [6, 6.07) is 12.0. The van der Waals surface area contributed by atoms with Gasteiger partial charge in [-0.1, -0.05) is 35.9 Å². The molecule has 2 rings (SSSR count). The molecule has 1 N–H and O–H groups in total. The van der Waals surface area contributed by atoms with Gasteiger partial charge < -0.3 is 9.84 Å². The molecular weight excluding hydrogens is 279 g/mol. The van der Waals surface area contributed by atoms with Gasteiger partial charge in [0.05, 0.1) is 18.2 Å². The van der Waals surface area contributed by atoms with E-state index in [4.69, 9.17) is 16.3 Å². The van der Waals surface area contributed by atoms with Crippen molar-refractivity contribution in [1.29, 1.82) is 0 Å². The van der Waals surface area contributed by atoms with Gasteiger partial charge in [-0.3, -0.25) is 0 Å². The Hall–Kier alpha value is -1.58. The van der Waals surface area contributed by atoms with E-state index in [1.807, 2.05) is 24.3 Å². The zero-order chi connectivity index (χ0) is 14.5. The standard InChI is InChI=1S/C16H16ClFO2/c1-20-16-5-3-2-4-12(16)10-13(19)8-11-6-7-15(18)14(17)9-11/h2-7,9,13,19H,8,10H2,1H3. The zero-order valence-corrected chi connectivity index (χ0v) is 11.9. The van der Waals surface area contributed by atoms with Gasteiger partial charge in [-0.05, 0) is 35.7 Å². The number of aliphatic hydroxyl groups excluding tert-OH is 1. The Morgan fingerprint density at radius 1 is 1.20 bits per heavy atom. The molecule has 1 atom stereocenters. The topological polar surface area (TPSA) is 29.5 Å². The summed E-state index contributed by atoms with van der Waals surface area (Å²) in [6.45, 7) is 0. The molecule has 0 aliphatic carbocycles. The molecule has 0 bridgehead atoms. The van der Waals surface area contributed by atoms with E-state index in [1.165, 1.54) is 6.07 Å². The Bertz CT molecular complexity index is 586. The molecule has 0 saturated heterocycles. The van der Waals surface area contributed by atoms with E-state index in [0.29, 0.717) is 12.8 Å². The van der Waals surface area contributed by atoms with Gasteiger partial charge in [-0.2, -0.15) is 0 Å². The van der Waals surface area contributed by atoms with Crippen LogP contribution in [-0.2, 0) is 12.8 Å². The zero-order valence-electron chi connectivity index (χ0n) is 11.1. The van der Waals surface area contributed by atoms with Gasteiger partial charge in [0.15, 0.2) is 0 Å². The fraction of sp³-hybridized carbons (Fsp3) is 0.250. The van der Waals surface area contributed by atoms with E-state index < -0.39 is 11.9 Å². The number of halogens is 2. The number of ether oxygens (including phenoxy) is 1. The molecule has 0 heterocycles. The Morgan fingerprint density at radius 3 is 2.65 bits per heavy atom. The molecular formula is C16H16ClFO2. The smallest absolute Gasteiger partial charge is 0.141 e. The van der Waals surface area contributed by atoms with Crippen LogP contribution >= 0.6 is 11.6 Å². The number of hydrogen-bond acceptors (Lipinski definition) is 2. The predicted octanol–water partition coefficient (Wildman–Crippen LogP) is 3.63. The summed E-state index contributed by atoms with van der Waals surface area (Å²) in [4.78, 5) is 0. The van der Waals surface area contributed by atoms with Crippen molar-refractivity contribution in [2.24, 2.45) is 0 Å². The third-order valence-corrected chi connectivity index (χ3v) is 3.39. The van der Waals surface area contributed by atoms with Gasteiger partial charge in [-0.25, -0.2) is 4.39 Å². The van der Waals surface area contributed by atoms with Crippen LogP contribution in [-0.4, -0.2) is 18.3 Å². The van der Waals surface area contributed by atoms with Crippen molar-refractivity contribution >= 4 is 11.6 Å². The van der Waals surface area contributed by atoms with Crippen molar-refractivity contribution in [1.82, 2.24) is 0 Å². The van der Waals surface area contributed by atoms with Gasteiger partial charge in [0.2, 0.25) is 0 Å². The second kappa shape index (κ2) is 6.73. The average Bonchev–Trinajstić information content (AvgIpc) is 2.43. The highest BCUT2D eigenvalue weighted by Gasteiger charge is 2.11. The highest BCUT2D eigenvalue weighted by molar-refractivity contribution is 6.30. The minimum atomic E-state index is -0.576. The molecule has 0 fully saturated rings. The van der Waals surface area contributed by atoms with Crippen LogP contribution in [0.3, 0.4) is 0 Å². The largest absolute Gasteiger partial charge is 0.496 e. The maximum atomic E-state index is 13.1. The summed E-state index contributed by atoms with van der Waals surface area (Å²) in [7, 11) is 1.60. The van der Waals surface area contributed by atoms with Crippen LogP contribution in [0.25, 0.3) is 0 Å². The Balaban J connectivity index is 2.05. The number of rotatable bonds is 5. The summed E-state index contributed by atoms with van der Waals surface area (Å²) in [5, 5.41) is 10.2. The molecule has 0 radical (unpaired) electrons. The Labute approximate surface area is 122 Å². The molecule has 0 amide bonds. The Morgan fingerprint density at radius 2 is 1.95 bits per heavy atom. The maximum Gasteiger partial charge on any atom is 0.141 e.